The van der Waals surface area contributed by atoms with Crippen LogP contribution in [0.3, 0.4) is 0 Å². The zero-order valence-corrected chi connectivity index (χ0v) is 15.1. The van der Waals surface area contributed by atoms with Crippen molar-refractivity contribution in [3.05, 3.63) is 71.4 Å². The number of hydrogen-bond acceptors (Lipinski definition) is 4. The molecule has 0 spiro atoms. The summed E-state index contributed by atoms with van der Waals surface area (Å²) in [5.41, 5.74) is 3.12. The molecular formula is C20H22N2O2S. The van der Waals surface area contributed by atoms with Gasteiger partial charge >= 0.3 is 0 Å². The monoisotopic (exact) mass is 354 g/mol. The topological polar surface area (TPSA) is 41.6 Å². The molecule has 1 heterocycles. The van der Waals surface area contributed by atoms with Gasteiger partial charge in [-0.2, -0.15) is 0 Å². The standard InChI is InChI=1S/C20H22N2O2S/c1-22(20(23)17-5-3-2-4-6-17)11-12-24-19-9-7-16(8-10-19)13-18-14-25-15-21-18/h2-10,13,21H,11-12,14-15H2,1H3. The number of amides is 1. The fraction of sp³-hybridized carbons (Fsp3) is 0.250. The lowest BCUT2D eigenvalue weighted by molar-refractivity contribution is 0.0774. The molecule has 4 nitrogen and oxygen atoms in total. The smallest absolute Gasteiger partial charge is 0.253 e. The highest BCUT2D eigenvalue weighted by molar-refractivity contribution is 7.99. The van der Waals surface area contributed by atoms with Gasteiger partial charge in [-0.25, -0.2) is 0 Å². The van der Waals surface area contributed by atoms with Gasteiger partial charge in [-0.1, -0.05) is 30.3 Å². The van der Waals surface area contributed by atoms with E-state index in [2.05, 4.69) is 11.4 Å². The van der Waals surface area contributed by atoms with E-state index < -0.39 is 0 Å². The molecule has 2 aromatic carbocycles. The first kappa shape index (κ1) is 17.4. The van der Waals surface area contributed by atoms with Crippen LogP contribution >= 0.6 is 11.8 Å². The molecule has 1 saturated heterocycles. The summed E-state index contributed by atoms with van der Waals surface area (Å²) in [5.74, 6) is 2.85. The van der Waals surface area contributed by atoms with Crippen molar-refractivity contribution in [2.45, 2.75) is 0 Å². The van der Waals surface area contributed by atoms with E-state index in [-0.39, 0.29) is 5.91 Å². The summed E-state index contributed by atoms with van der Waals surface area (Å²) < 4.78 is 5.75. The molecule has 1 amide bonds. The summed E-state index contributed by atoms with van der Waals surface area (Å²) in [5, 5.41) is 3.35. The van der Waals surface area contributed by atoms with Crippen molar-refractivity contribution in [1.29, 1.82) is 0 Å². The van der Waals surface area contributed by atoms with E-state index in [1.165, 1.54) is 5.70 Å². The Morgan fingerprint density at radius 2 is 1.96 bits per heavy atom. The third-order valence-electron chi connectivity index (χ3n) is 3.94. The van der Waals surface area contributed by atoms with E-state index in [0.29, 0.717) is 18.7 Å². The van der Waals surface area contributed by atoms with Gasteiger partial charge in [-0.15, -0.1) is 11.8 Å². The van der Waals surface area contributed by atoms with Gasteiger partial charge in [-0.05, 0) is 35.9 Å². The summed E-state index contributed by atoms with van der Waals surface area (Å²) in [6.45, 7) is 1.01. The maximum Gasteiger partial charge on any atom is 0.253 e. The highest BCUT2D eigenvalue weighted by atomic mass is 32.2. The predicted molar refractivity (Wildman–Crippen MR) is 104 cm³/mol. The SMILES string of the molecule is CN(CCOc1ccc(C=C2CSCN2)cc1)C(=O)c1ccccc1. The summed E-state index contributed by atoms with van der Waals surface area (Å²) >= 11 is 1.88. The molecule has 0 unspecified atom stereocenters. The molecule has 0 radical (unpaired) electrons. The first-order valence-electron chi connectivity index (χ1n) is 8.28. The van der Waals surface area contributed by atoms with E-state index in [0.717, 1.165) is 22.9 Å². The molecule has 1 aliphatic rings. The van der Waals surface area contributed by atoms with Crippen LogP contribution in [0.2, 0.25) is 0 Å². The van der Waals surface area contributed by atoms with Crippen LogP contribution in [0.25, 0.3) is 6.08 Å². The molecule has 0 atom stereocenters. The molecule has 0 saturated carbocycles. The zero-order chi connectivity index (χ0) is 17.5. The number of rotatable bonds is 6. The van der Waals surface area contributed by atoms with Gasteiger partial charge in [0.15, 0.2) is 0 Å². The average molecular weight is 354 g/mol. The lowest BCUT2D eigenvalue weighted by atomic mass is 10.2. The Balaban J connectivity index is 1.47. The van der Waals surface area contributed by atoms with Crippen LogP contribution in [0.5, 0.6) is 5.75 Å². The molecular weight excluding hydrogens is 332 g/mol. The number of benzene rings is 2. The summed E-state index contributed by atoms with van der Waals surface area (Å²) in [7, 11) is 1.79. The Bertz CT molecular complexity index is 721. The number of nitrogens with zero attached hydrogens (tertiary/aromatic N) is 1. The molecule has 1 N–H and O–H groups in total. The van der Waals surface area contributed by atoms with Crippen LogP contribution in [0.1, 0.15) is 15.9 Å². The Morgan fingerprint density at radius 3 is 2.64 bits per heavy atom. The third-order valence-corrected chi connectivity index (χ3v) is 4.81. The Kier molecular flexibility index (Phi) is 6.01. The van der Waals surface area contributed by atoms with Crippen molar-refractivity contribution < 1.29 is 9.53 Å². The van der Waals surface area contributed by atoms with Crippen LogP contribution in [-0.2, 0) is 0 Å². The molecule has 25 heavy (non-hydrogen) atoms. The van der Waals surface area contributed by atoms with Gasteiger partial charge in [0.2, 0.25) is 0 Å². The Morgan fingerprint density at radius 1 is 1.20 bits per heavy atom. The third kappa shape index (κ3) is 5.03. The maximum absolute atomic E-state index is 12.3. The first-order chi connectivity index (χ1) is 12.2. The van der Waals surface area contributed by atoms with Crippen molar-refractivity contribution in [3.63, 3.8) is 0 Å². The predicted octanol–water partition coefficient (Wildman–Crippen LogP) is 3.47. The van der Waals surface area contributed by atoms with Crippen LogP contribution in [0.4, 0.5) is 0 Å². The second kappa shape index (κ2) is 8.62. The van der Waals surface area contributed by atoms with Gasteiger partial charge < -0.3 is 15.0 Å². The van der Waals surface area contributed by atoms with Gasteiger partial charge in [0.1, 0.15) is 12.4 Å². The summed E-state index contributed by atoms with van der Waals surface area (Å²) in [6, 6.07) is 17.3. The van der Waals surface area contributed by atoms with Gasteiger partial charge in [0.25, 0.3) is 5.91 Å². The lowest BCUT2D eigenvalue weighted by Gasteiger charge is -2.17. The fourth-order valence-electron chi connectivity index (χ4n) is 2.51. The molecule has 1 fully saturated rings. The zero-order valence-electron chi connectivity index (χ0n) is 14.3. The highest BCUT2D eigenvalue weighted by Gasteiger charge is 2.10. The summed E-state index contributed by atoms with van der Waals surface area (Å²) in [4.78, 5) is 13.9. The van der Waals surface area contributed by atoms with Crippen LogP contribution < -0.4 is 10.1 Å². The molecule has 2 aromatic rings. The first-order valence-corrected chi connectivity index (χ1v) is 9.43. The Hall–Kier alpha value is -2.40. The minimum Gasteiger partial charge on any atom is -0.492 e. The fourth-order valence-corrected chi connectivity index (χ4v) is 3.31. The van der Waals surface area contributed by atoms with E-state index in [1.54, 1.807) is 11.9 Å². The second-order valence-electron chi connectivity index (χ2n) is 5.85. The Labute approximate surface area is 152 Å². The van der Waals surface area contributed by atoms with E-state index in [4.69, 9.17) is 4.74 Å². The van der Waals surface area contributed by atoms with Crippen molar-refractivity contribution in [2.75, 3.05) is 31.8 Å². The number of thioether (sulfide) groups is 1. The van der Waals surface area contributed by atoms with Crippen molar-refractivity contribution >= 4 is 23.7 Å². The maximum atomic E-state index is 12.3. The van der Waals surface area contributed by atoms with Crippen molar-refractivity contribution in [3.8, 4) is 5.75 Å². The van der Waals surface area contributed by atoms with Gasteiger partial charge in [0, 0.05) is 24.1 Å². The number of hydrogen-bond donors (Lipinski definition) is 1. The number of carbonyl (C=O) groups excluding carboxylic acids is 1. The number of nitrogens with one attached hydrogen (secondary N) is 1. The minimum atomic E-state index is 0.00751. The van der Waals surface area contributed by atoms with E-state index >= 15 is 0 Å². The van der Waals surface area contributed by atoms with Crippen molar-refractivity contribution in [2.24, 2.45) is 0 Å². The van der Waals surface area contributed by atoms with Crippen LogP contribution in [0.15, 0.2) is 60.3 Å². The average Bonchev–Trinajstić information content (AvgIpc) is 3.16. The molecule has 1 aliphatic heterocycles. The summed E-state index contributed by atoms with van der Waals surface area (Å²) in [6.07, 6.45) is 2.16. The second-order valence-corrected chi connectivity index (χ2v) is 6.83. The molecule has 5 heteroatoms. The van der Waals surface area contributed by atoms with Crippen LogP contribution in [0, 0.1) is 0 Å². The molecule has 3 rings (SSSR count). The molecule has 0 aromatic heterocycles. The quantitative estimate of drug-likeness (QED) is 0.862. The van der Waals surface area contributed by atoms with Gasteiger partial charge in [-0.3, -0.25) is 4.79 Å². The van der Waals surface area contributed by atoms with E-state index in [9.17, 15) is 4.79 Å². The van der Waals surface area contributed by atoms with Crippen LogP contribution in [-0.4, -0.2) is 42.6 Å². The van der Waals surface area contributed by atoms with Gasteiger partial charge in [0.05, 0.1) is 12.4 Å². The molecule has 0 bridgehead atoms. The van der Waals surface area contributed by atoms with Crippen molar-refractivity contribution in [1.82, 2.24) is 10.2 Å². The van der Waals surface area contributed by atoms with E-state index in [1.807, 2.05) is 66.4 Å². The normalized spacial score (nSPS) is 15.0. The largest absolute Gasteiger partial charge is 0.492 e. The lowest BCUT2D eigenvalue weighted by Crippen LogP contribution is -2.30. The molecule has 130 valence electrons. The minimum absolute atomic E-state index is 0.00751. The highest BCUT2D eigenvalue weighted by Crippen LogP contribution is 2.18. The number of ether oxygens (including phenoxy) is 1. The molecule has 0 aliphatic carbocycles. The number of carbonyl (C=O) groups is 1. The number of likely N-dealkylation sites (N-methyl/N-ethyl adjacent to an activating group) is 1.